The van der Waals surface area contributed by atoms with Crippen molar-refractivity contribution in [3.8, 4) is 0 Å². The summed E-state index contributed by atoms with van der Waals surface area (Å²) in [6.45, 7) is 5.63. The fraction of sp³-hybridized carbons (Fsp3) is 0.500. The summed E-state index contributed by atoms with van der Waals surface area (Å²) in [5.41, 5.74) is 2.27. The number of nitrogens with zero attached hydrogens (tertiary/aromatic N) is 1. The Morgan fingerprint density at radius 2 is 2.31 bits per heavy atom. The molecular formula is C12H18N2O2. The van der Waals surface area contributed by atoms with Crippen molar-refractivity contribution >= 4 is 5.97 Å². The van der Waals surface area contributed by atoms with Crippen molar-refractivity contribution in [2.45, 2.75) is 26.8 Å². The highest BCUT2D eigenvalue weighted by atomic mass is 16.5. The average molecular weight is 222 g/mol. The molecular weight excluding hydrogens is 204 g/mol. The molecule has 16 heavy (non-hydrogen) atoms. The molecule has 1 aromatic heterocycles. The first-order chi connectivity index (χ1) is 7.72. The lowest BCUT2D eigenvalue weighted by atomic mass is 10.2. The van der Waals surface area contributed by atoms with Gasteiger partial charge in [0.2, 0.25) is 0 Å². The molecule has 1 aromatic rings. The van der Waals surface area contributed by atoms with Crippen LogP contribution in [0.5, 0.6) is 0 Å². The number of nitrogens with one attached hydrogen (secondary N) is 1. The molecule has 0 saturated heterocycles. The van der Waals surface area contributed by atoms with E-state index < -0.39 is 0 Å². The van der Waals surface area contributed by atoms with E-state index in [4.69, 9.17) is 4.74 Å². The van der Waals surface area contributed by atoms with Gasteiger partial charge in [0.25, 0.3) is 0 Å². The Morgan fingerprint density at radius 1 is 1.50 bits per heavy atom. The van der Waals surface area contributed by atoms with Gasteiger partial charge in [0, 0.05) is 25.5 Å². The van der Waals surface area contributed by atoms with Crippen LogP contribution in [0.15, 0.2) is 18.5 Å². The van der Waals surface area contributed by atoms with E-state index in [0.29, 0.717) is 19.6 Å². The molecule has 0 aromatic carbocycles. The molecule has 0 aliphatic carbocycles. The minimum absolute atomic E-state index is 0.155. The van der Waals surface area contributed by atoms with Gasteiger partial charge in [-0.15, -0.1) is 0 Å². The summed E-state index contributed by atoms with van der Waals surface area (Å²) in [7, 11) is 0. The van der Waals surface area contributed by atoms with Crippen LogP contribution in [-0.2, 0) is 16.1 Å². The van der Waals surface area contributed by atoms with Crippen LogP contribution in [0.3, 0.4) is 0 Å². The van der Waals surface area contributed by atoms with E-state index in [9.17, 15) is 4.79 Å². The zero-order valence-corrected chi connectivity index (χ0v) is 9.82. The molecule has 0 fully saturated rings. The maximum Gasteiger partial charge on any atom is 0.307 e. The van der Waals surface area contributed by atoms with E-state index in [2.05, 4.69) is 16.4 Å². The van der Waals surface area contributed by atoms with Crippen LogP contribution in [0.1, 0.15) is 24.5 Å². The third-order valence-corrected chi connectivity index (χ3v) is 2.07. The Labute approximate surface area is 96.0 Å². The highest BCUT2D eigenvalue weighted by molar-refractivity contribution is 5.69. The second kappa shape index (κ2) is 6.95. The molecule has 1 N–H and O–H groups in total. The molecule has 88 valence electrons. The van der Waals surface area contributed by atoms with Crippen molar-refractivity contribution in [3.63, 3.8) is 0 Å². The molecule has 1 rings (SSSR count). The number of carbonyl (C=O) groups is 1. The van der Waals surface area contributed by atoms with Gasteiger partial charge in [0.05, 0.1) is 13.0 Å². The number of aromatic nitrogens is 1. The van der Waals surface area contributed by atoms with Gasteiger partial charge in [-0.2, -0.15) is 0 Å². The smallest absolute Gasteiger partial charge is 0.307 e. The SMILES string of the molecule is CCOC(=O)CCNCc1cncc(C)c1. The monoisotopic (exact) mass is 222 g/mol. The summed E-state index contributed by atoms with van der Waals surface area (Å²) in [4.78, 5) is 15.1. The third-order valence-electron chi connectivity index (χ3n) is 2.07. The Kier molecular flexibility index (Phi) is 5.50. The largest absolute Gasteiger partial charge is 0.466 e. The summed E-state index contributed by atoms with van der Waals surface area (Å²) in [5, 5.41) is 3.18. The molecule has 1 heterocycles. The van der Waals surface area contributed by atoms with Crippen LogP contribution in [0.25, 0.3) is 0 Å². The summed E-state index contributed by atoms with van der Waals surface area (Å²) < 4.78 is 4.82. The van der Waals surface area contributed by atoms with Crippen LogP contribution in [0.2, 0.25) is 0 Å². The van der Waals surface area contributed by atoms with Gasteiger partial charge in [-0.05, 0) is 25.0 Å². The maximum absolute atomic E-state index is 11.0. The minimum Gasteiger partial charge on any atom is -0.466 e. The first-order valence-electron chi connectivity index (χ1n) is 5.49. The first kappa shape index (κ1) is 12.6. The Bertz CT molecular complexity index is 340. The third kappa shape index (κ3) is 4.89. The summed E-state index contributed by atoms with van der Waals surface area (Å²) in [6, 6.07) is 2.07. The normalized spacial score (nSPS) is 10.1. The van der Waals surface area contributed by atoms with Gasteiger partial charge < -0.3 is 10.1 Å². The van der Waals surface area contributed by atoms with E-state index in [1.54, 1.807) is 0 Å². The van der Waals surface area contributed by atoms with E-state index in [1.807, 2.05) is 26.2 Å². The minimum atomic E-state index is -0.155. The Hall–Kier alpha value is -1.42. The van der Waals surface area contributed by atoms with Crippen LogP contribution in [0.4, 0.5) is 0 Å². The van der Waals surface area contributed by atoms with Gasteiger partial charge in [0.1, 0.15) is 0 Å². The number of aryl methyl sites for hydroxylation is 1. The van der Waals surface area contributed by atoms with Crippen molar-refractivity contribution in [2.75, 3.05) is 13.2 Å². The van der Waals surface area contributed by atoms with Gasteiger partial charge >= 0.3 is 5.97 Å². The number of carbonyl (C=O) groups excluding carboxylic acids is 1. The molecule has 0 saturated carbocycles. The van der Waals surface area contributed by atoms with Crippen molar-refractivity contribution in [1.82, 2.24) is 10.3 Å². The summed E-state index contributed by atoms with van der Waals surface area (Å²) in [6.07, 6.45) is 4.06. The molecule has 0 bridgehead atoms. The second-order valence-electron chi connectivity index (χ2n) is 3.60. The number of hydrogen-bond acceptors (Lipinski definition) is 4. The average Bonchev–Trinajstić information content (AvgIpc) is 2.25. The van der Waals surface area contributed by atoms with Crippen molar-refractivity contribution in [3.05, 3.63) is 29.6 Å². The van der Waals surface area contributed by atoms with Gasteiger partial charge in [-0.25, -0.2) is 0 Å². The standard InChI is InChI=1S/C12H18N2O2/c1-3-16-12(15)4-5-13-8-11-6-10(2)7-14-9-11/h6-7,9,13H,3-5,8H2,1-2H3. The first-order valence-corrected chi connectivity index (χ1v) is 5.49. The Balaban J connectivity index is 2.18. The van der Waals surface area contributed by atoms with E-state index in [0.717, 1.165) is 17.7 Å². The molecule has 0 unspecified atom stereocenters. The van der Waals surface area contributed by atoms with Gasteiger partial charge in [-0.1, -0.05) is 6.07 Å². The molecule has 0 aliphatic heterocycles. The molecule has 4 nitrogen and oxygen atoms in total. The lowest BCUT2D eigenvalue weighted by Crippen LogP contribution is -2.19. The fourth-order valence-electron chi connectivity index (χ4n) is 1.37. The molecule has 0 radical (unpaired) electrons. The number of rotatable bonds is 6. The van der Waals surface area contributed by atoms with E-state index in [1.165, 1.54) is 0 Å². The topological polar surface area (TPSA) is 51.2 Å². The Morgan fingerprint density at radius 3 is 3.00 bits per heavy atom. The van der Waals surface area contributed by atoms with Crippen molar-refractivity contribution < 1.29 is 9.53 Å². The van der Waals surface area contributed by atoms with Crippen LogP contribution >= 0.6 is 0 Å². The zero-order chi connectivity index (χ0) is 11.8. The molecule has 4 heteroatoms. The van der Waals surface area contributed by atoms with Gasteiger partial charge in [-0.3, -0.25) is 9.78 Å². The molecule has 0 spiro atoms. The van der Waals surface area contributed by atoms with Crippen LogP contribution < -0.4 is 5.32 Å². The number of ether oxygens (including phenoxy) is 1. The highest BCUT2D eigenvalue weighted by Gasteiger charge is 2.00. The predicted octanol–water partition coefficient (Wildman–Crippen LogP) is 1.43. The summed E-state index contributed by atoms with van der Waals surface area (Å²) in [5.74, 6) is -0.155. The van der Waals surface area contributed by atoms with Crippen molar-refractivity contribution in [1.29, 1.82) is 0 Å². The quantitative estimate of drug-likeness (QED) is 0.584. The summed E-state index contributed by atoms with van der Waals surface area (Å²) >= 11 is 0. The molecule has 0 aliphatic rings. The van der Waals surface area contributed by atoms with E-state index in [-0.39, 0.29) is 5.97 Å². The predicted molar refractivity (Wildman–Crippen MR) is 61.9 cm³/mol. The van der Waals surface area contributed by atoms with Crippen LogP contribution in [-0.4, -0.2) is 24.1 Å². The van der Waals surface area contributed by atoms with Crippen LogP contribution in [0, 0.1) is 6.92 Å². The maximum atomic E-state index is 11.0. The lowest BCUT2D eigenvalue weighted by molar-refractivity contribution is -0.142. The fourth-order valence-corrected chi connectivity index (χ4v) is 1.37. The zero-order valence-electron chi connectivity index (χ0n) is 9.82. The highest BCUT2D eigenvalue weighted by Crippen LogP contribution is 2.00. The number of hydrogen-bond donors (Lipinski definition) is 1. The molecule has 0 amide bonds. The van der Waals surface area contributed by atoms with E-state index >= 15 is 0 Å². The van der Waals surface area contributed by atoms with Gasteiger partial charge in [0.15, 0.2) is 0 Å². The number of pyridine rings is 1. The molecule has 0 atom stereocenters. The lowest BCUT2D eigenvalue weighted by Gasteiger charge is -2.05. The van der Waals surface area contributed by atoms with Crippen molar-refractivity contribution in [2.24, 2.45) is 0 Å². The number of esters is 1. The second-order valence-corrected chi connectivity index (χ2v) is 3.60.